The lowest BCUT2D eigenvalue weighted by atomic mass is 9.86. The lowest BCUT2D eigenvalue weighted by molar-refractivity contribution is -0.140. The van der Waals surface area contributed by atoms with Crippen molar-refractivity contribution in [1.82, 2.24) is 19.2 Å². The molecule has 4 aromatic rings. The molecule has 2 atom stereocenters. The van der Waals surface area contributed by atoms with Crippen LogP contribution >= 0.6 is 0 Å². The zero-order chi connectivity index (χ0) is 27.5. The summed E-state index contributed by atoms with van der Waals surface area (Å²) < 4.78 is 13.3. The van der Waals surface area contributed by atoms with Crippen LogP contribution in [0, 0.1) is 5.92 Å². The Bertz CT molecular complexity index is 1460. The van der Waals surface area contributed by atoms with E-state index in [0.29, 0.717) is 5.91 Å². The van der Waals surface area contributed by atoms with E-state index in [2.05, 4.69) is 68.9 Å². The number of ether oxygens (including phenoxy) is 2. The van der Waals surface area contributed by atoms with Gasteiger partial charge in [0.25, 0.3) is 0 Å². The Morgan fingerprint density at radius 3 is 2.48 bits per heavy atom. The number of carbonyl (C=O) groups is 1. The molecule has 1 saturated carbocycles. The number of hydrogen-bond donors (Lipinski definition) is 0. The molecule has 7 heteroatoms. The van der Waals surface area contributed by atoms with Crippen LogP contribution in [0.25, 0.3) is 28.0 Å². The number of nitrogens with zero attached hydrogens (tertiary/aromatic N) is 4. The smallest absolute Gasteiger partial charge is 0.225 e. The van der Waals surface area contributed by atoms with Crippen LogP contribution in [0.15, 0.2) is 72.9 Å². The molecule has 0 spiro atoms. The van der Waals surface area contributed by atoms with Gasteiger partial charge < -0.3 is 18.8 Å². The second kappa shape index (κ2) is 11.8. The molecule has 3 heterocycles. The molecule has 7 nitrogen and oxygen atoms in total. The molecule has 0 unspecified atom stereocenters. The van der Waals surface area contributed by atoms with E-state index in [1.54, 1.807) is 14.2 Å². The maximum Gasteiger partial charge on any atom is 0.225 e. The summed E-state index contributed by atoms with van der Waals surface area (Å²) in [6.07, 6.45) is 6.39. The normalized spacial score (nSPS) is 20.1. The fourth-order valence-electron chi connectivity index (χ4n) is 6.23. The number of fused-ring (bicyclic) bond motifs is 1. The van der Waals surface area contributed by atoms with Gasteiger partial charge in [0, 0.05) is 57.5 Å². The third-order valence-electron chi connectivity index (χ3n) is 8.53. The summed E-state index contributed by atoms with van der Waals surface area (Å²) in [5.74, 6) is 1.22. The first-order valence-corrected chi connectivity index (χ1v) is 14.4. The van der Waals surface area contributed by atoms with E-state index in [0.717, 1.165) is 92.3 Å². The molecular weight excluding hydrogens is 500 g/mol. The summed E-state index contributed by atoms with van der Waals surface area (Å²) in [5.41, 5.74) is 6.41. The summed E-state index contributed by atoms with van der Waals surface area (Å²) in [6, 6.07) is 22.8. The lowest BCUT2D eigenvalue weighted by Gasteiger charge is -2.38. The van der Waals surface area contributed by atoms with Gasteiger partial charge in [-0.3, -0.25) is 9.69 Å². The molecule has 0 bridgehead atoms. The Labute approximate surface area is 236 Å². The molecule has 2 aromatic carbocycles. The Morgan fingerprint density at radius 2 is 1.70 bits per heavy atom. The van der Waals surface area contributed by atoms with E-state index in [4.69, 9.17) is 14.5 Å². The number of amides is 1. The zero-order valence-electron chi connectivity index (χ0n) is 23.5. The van der Waals surface area contributed by atoms with Crippen molar-refractivity contribution in [2.45, 2.75) is 38.3 Å². The van der Waals surface area contributed by atoms with Gasteiger partial charge in [0.05, 0.1) is 24.6 Å². The SMILES string of the molecule is COc1cccc(-c2nc3ccc(-c4ccccc4)cn3c2CN2CCN(C(=O)[C@H]3CCC[C@@H](OC)C3)CC2)c1. The van der Waals surface area contributed by atoms with Crippen LogP contribution in [0.5, 0.6) is 5.75 Å². The number of benzene rings is 2. The van der Waals surface area contributed by atoms with Crippen LogP contribution in [0.1, 0.15) is 31.4 Å². The topological polar surface area (TPSA) is 59.3 Å². The van der Waals surface area contributed by atoms with Gasteiger partial charge >= 0.3 is 0 Å². The van der Waals surface area contributed by atoms with Gasteiger partial charge in [-0.05, 0) is 54.7 Å². The number of piperazine rings is 1. The zero-order valence-corrected chi connectivity index (χ0v) is 23.5. The fraction of sp³-hybridized carbons (Fsp3) is 0.394. The number of rotatable bonds is 7. The lowest BCUT2D eigenvalue weighted by Crippen LogP contribution is -2.50. The number of methoxy groups -OCH3 is 2. The van der Waals surface area contributed by atoms with Gasteiger partial charge in [0.15, 0.2) is 0 Å². The number of aromatic nitrogens is 2. The van der Waals surface area contributed by atoms with Gasteiger partial charge in [0.2, 0.25) is 5.91 Å². The number of carbonyl (C=O) groups excluding carboxylic acids is 1. The minimum atomic E-state index is 0.0973. The van der Waals surface area contributed by atoms with E-state index in [1.165, 1.54) is 5.56 Å². The highest BCUT2D eigenvalue weighted by Crippen LogP contribution is 2.31. The van der Waals surface area contributed by atoms with Crippen LogP contribution in [0.3, 0.4) is 0 Å². The fourth-order valence-corrected chi connectivity index (χ4v) is 6.23. The van der Waals surface area contributed by atoms with Gasteiger partial charge in [-0.25, -0.2) is 4.98 Å². The predicted octanol–water partition coefficient (Wildman–Crippen LogP) is 5.53. The summed E-state index contributed by atoms with van der Waals surface area (Å²) in [5, 5.41) is 0. The van der Waals surface area contributed by atoms with Crippen LogP contribution in [0.4, 0.5) is 0 Å². The van der Waals surface area contributed by atoms with Crippen LogP contribution in [-0.4, -0.2) is 71.6 Å². The second-order valence-corrected chi connectivity index (χ2v) is 11.0. The monoisotopic (exact) mass is 538 g/mol. The quantitative estimate of drug-likeness (QED) is 0.310. The van der Waals surface area contributed by atoms with E-state index >= 15 is 0 Å². The van der Waals surface area contributed by atoms with Crippen LogP contribution in [0.2, 0.25) is 0 Å². The highest BCUT2D eigenvalue weighted by atomic mass is 16.5. The van der Waals surface area contributed by atoms with Crippen molar-refractivity contribution in [3.05, 3.63) is 78.6 Å². The largest absolute Gasteiger partial charge is 0.497 e. The molecule has 208 valence electrons. The first-order valence-electron chi connectivity index (χ1n) is 14.4. The maximum atomic E-state index is 13.3. The molecule has 40 heavy (non-hydrogen) atoms. The van der Waals surface area contributed by atoms with Crippen molar-refractivity contribution in [3.63, 3.8) is 0 Å². The Kier molecular flexibility index (Phi) is 7.84. The van der Waals surface area contributed by atoms with Crippen molar-refractivity contribution in [2.24, 2.45) is 5.92 Å². The number of imidazole rings is 1. The van der Waals surface area contributed by atoms with E-state index < -0.39 is 0 Å². The van der Waals surface area contributed by atoms with E-state index in [1.807, 2.05) is 18.2 Å². The van der Waals surface area contributed by atoms with Gasteiger partial charge in [-0.1, -0.05) is 48.9 Å². The first kappa shape index (κ1) is 26.5. The highest BCUT2D eigenvalue weighted by molar-refractivity contribution is 5.79. The molecule has 1 amide bonds. The average Bonchev–Trinajstić information content (AvgIpc) is 3.39. The molecule has 0 radical (unpaired) electrons. The van der Waals surface area contributed by atoms with Crippen LogP contribution < -0.4 is 4.74 Å². The van der Waals surface area contributed by atoms with Crippen molar-refractivity contribution in [2.75, 3.05) is 40.4 Å². The van der Waals surface area contributed by atoms with Gasteiger partial charge in [-0.2, -0.15) is 0 Å². The summed E-state index contributed by atoms with van der Waals surface area (Å²) in [6.45, 7) is 3.95. The standard InChI is InChI=1S/C33H38N4O3/c1-39-28-12-6-10-25(20-28)32-30(37-22-27(14-15-31(37)34-32)24-8-4-3-5-9-24)23-35-16-18-36(19-17-35)33(38)26-11-7-13-29(21-26)40-2/h3-6,8-10,12,14-15,20,22,26,29H,7,11,13,16-19,21,23H2,1-2H3/t26-,29+/m0/s1. The predicted molar refractivity (Wildman–Crippen MR) is 157 cm³/mol. The van der Waals surface area contributed by atoms with E-state index in [9.17, 15) is 4.79 Å². The second-order valence-electron chi connectivity index (χ2n) is 11.0. The summed E-state index contributed by atoms with van der Waals surface area (Å²) in [7, 11) is 3.46. The minimum absolute atomic E-state index is 0.0973. The molecule has 6 rings (SSSR count). The minimum Gasteiger partial charge on any atom is -0.497 e. The van der Waals surface area contributed by atoms with Crippen LogP contribution in [-0.2, 0) is 16.1 Å². The van der Waals surface area contributed by atoms with E-state index in [-0.39, 0.29) is 12.0 Å². The Morgan fingerprint density at radius 1 is 0.900 bits per heavy atom. The molecule has 2 aromatic heterocycles. The summed E-state index contributed by atoms with van der Waals surface area (Å²) in [4.78, 5) is 22.9. The average molecular weight is 539 g/mol. The number of pyridine rings is 1. The third kappa shape index (κ3) is 5.49. The molecule has 1 aliphatic carbocycles. The summed E-state index contributed by atoms with van der Waals surface area (Å²) >= 11 is 0. The third-order valence-corrected chi connectivity index (χ3v) is 8.53. The Balaban J connectivity index is 1.26. The highest BCUT2D eigenvalue weighted by Gasteiger charge is 2.32. The number of hydrogen-bond acceptors (Lipinski definition) is 5. The molecule has 0 N–H and O–H groups in total. The molecule has 2 aliphatic rings. The first-order chi connectivity index (χ1) is 19.6. The molecule has 2 fully saturated rings. The van der Waals surface area contributed by atoms with Crippen molar-refractivity contribution in [1.29, 1.82) is 0 Å². The van der Waals surface area contributed by atoms with Crippen molar-refractivity contribution in [3.8, 4) is 28.1 Å². The molecule has 1 aliphatic heterocycles. The van der Waals surface area contributed by atoms with Gasteiger partial charge in [0.1, 0.15) is 11.4 Å². The Hall–Kier alpha value is -3.68. The van der Waals surface area contributed by atoms with Crippen molar-refractivity contribution >= 4 is 11.6 Å². The van der Waals surface area contributed by atoms with Crippen molar-refractivity contribution < 1.29 is 14.3 Å². The van der Waals surface area contributed by atoms with Gasteiger partial charge in [-0.15, -0.1) is 0 Å². The molecule has 1 saturated heterocycles. The molecular formula is C33H38N4O3. The maximum absolute atomic E-state index is 13.3.